The van der Waals surface area contributed by atoms with Crippen LogP contribution < -0.4 is 9.64 Å². The van der Waals surface area contributed by atoms with E-state index in [0.717, 1.165) is 49.2 Å². The summed E-state index contributed by atoms with van der Waals surface area (Å²) in [6.07, 6.45) is 2.56. The van der Waals surface area contributed by atoms with Gasteiger partial charge in [-0.1, -0.05) is 18.2 Å². The molecule has 3 rings (SSSR count). The average molecular weight is 395 g/mol. The standard InChI is InChI=1S/C24H30N2O3/c1-3-25(16-17-29-23-7-5-4-6-19(23)2)24(28)21-12-14-26(15-13-21)22-10-8-20(18-27)9-11-22/h4-11,18,21H,3,12-17H2,1-2H3. The summed E-state index contributed by atoms with van der Waals surface area (Å²) in [7, 11) is 0. The van der Waals surface area contributed by atoms with Crippen molar-refractivity contribution in [3.8, 4) is 5.75 Å². The Morgan fingerprint density at radius 3 is 2.45 bits per heavy atom. The van der Waals surface area contributed by atoms with Crippen LogP contribution >= 0.6 is 0 Å². The minimum Gasteiger partial charge on any atom is -0.491 e. The van der Waals surface area contributed by atoms with Crippen molar-refractivity contribution >= 4 is 17.9 Å². The van der Waals surface area contributed by atoms with Gasteiger partial charge >= 0.3 is 0 Å². The molecule has 0 aromatic heterocycles. The van der Waals surface area contributed by atoms with E-state index in [0.29, 0.717) is 25.3 Å². The van der Waals surface area contributed by atoms with E-state index >= 15 is 0 Å². The number of anilines is 1. The molecule has 1 fully saturated rings. The van der Waals surface area contributed by atoms with E-state index in [1.165, 1.54) is 0 Å². The average Bonchev–Trinajstić information content (AvgIpc) is 2.78. The second-order valence-electron chi connectivity index (χ2n) is 7.50. The zero-order chi connectivity index (χ0) is 20.6. The molecule has 0 N–H and O–H groups in total. The molecule has 1 aliphatic rings. The number of piperidine rings is 1. The van der Waals surface area contributed by atoms with Gasteiger partial charge in [-0.3, -0.25) is 9.59 Å². The minimum atomic E-state index is 0.0684. The highest BCUT2D eigenvalue weighted by Crippen LogP contribution is 2.25. The van der Waals surface area contributed by atoms with Crippen molar-refractivity contribution < 1.29 is 14.3 Å². The van der Waals surface area contributed by atoms with Crippen molar-refractivity contribution in [1.29, 1.82) is 0 Å². The summed E-state index contributed by atoms with van der Waals surface area (Å²) in [4.78, 5) is 28.0. The van der Waals surface area contributed by atoms with Crippen molar-refractivity contribution in [2.24, 2.45) is 5.92 Å². The first kappa shape index (κ1) is 20.9. The number of rotatable bonds is 8. The van der Waals surface area contributed by atoms with Crippen molar-refractivity contribution in [3.63, 3.8) is 0 Å². The molecule has 1 aliphatic heterocycles. The van der Waals surface area contributed by atoms with Gasteiger partial charge in [0.15, 0.2) is 0 Å². The van der Waals surface area contributed by atoms with E-state index < -0.39 is 0 Å². The molecule has 2 aromatic carbocycles. The van der Waals surface area contributed by atoms with Crippen LogP contribution in [0.5, 0.6) is 5.75 Å². The molecule has 154 valence electrons. The first-order chi connectivity index (χ1) is 14.1. The number of hydrogen-bond donors (Lipinski definition) is 0. The fourth-order valence-corrected chi connectivity index (χ4v) is 3.81. The number of aryl methyl sites for hydroxylation is 1. The maximum Gasteiger partial charge on any atom is 0.225 e. The van der Waals surface area contributed by atoms with Crippen LogP contribution in [0.4, 0.5) is 5.69 Å². The SMILES string of the molecule is CCN(CCOc1ccccc1C)C(=O)C1CCN(c2ccc(C=O)cc2)CC1. The molecule has 5 heteroatoms. The second-order valence-corrected chi connectivity index (χ2v) is 7.50. The van der Waals surface area contributed by atoms with Crippen LogP contribution in [0.3, 0.4) is 0 Å². The topological polar surface area (TPSA) is 49.9 Å². The molecule has 1 heterocycles. The third-order valence-electron chi connectivity index (χ3n) is 5.64. The molecule has 1 saturated heterocycles. The number of nitrogens with zero attached hydrogens (tertiary/aromatic N) is 2. The molecular weight excluding hydrogens is 364 g/mol. The third kappa shape index (κ3) is 5.37. The van der Waals surface area contributed by atoms with Crippen LogP contribution in [-0.2, 0) is 4.79 Å². The summed E-state index contributed by atoms with van der Waals surface area (Å²) in [6, 6.07) is 15.6. The predicted molar refractivity (Wildman–Crippen MR) is 116 cm³/mol. The highest BCUT2D eigenvalue weighted by atomic mass is 16.5. The lowest BCUT2D eigenvalue weighted by Gasteiger charge is -2.35. The highest BCUT2D eigenvalue weighted by molar-refractivity contribution is 5.79. The van der Waals surface area contributed by atoms with Gasteiger partial charge in [-0.05, 0) is 62.6 Å². The van der Waals surface area contributed by atoms with E-state index in [-0.39, 0.29) is 11.8 Å². The summed E-state index contributed by atoms with van der Waals surface area (Å²) in [5.41, 5.74) is 2.90. The normalized spacial score (nSPS) is 14.5. The largest absolute Gasteiger partial charge is 0.491 e. The maximum atomic E-state index is 13.0. The Morgan fingerprint density at radius 1 is 1.14 bits per heavy atom. The quantitative estimate of drug-likeness (QED) is 0.636. The number of amides is 1. The van der Waals surface area contributed by atoms with E-state index in [4.69, 9.17) is 4.74 Å². The van der Waals surface area contributed by atoms with Crippen LogP contribution in [0.15, 0.2) is 48.5 Å². The summed E-state index contributed by atoms with van der Waals surface area (Å²) in [5.74, 6) is 1.18. The zero-order valence-corrected chi connectivity index (χ0v) is 17.3. The Labute approximate surface area is 173 Å². The number of carbonyl (C=O) groups is 2. The van der Waals surface area contributed by atoms with Crippen LogP contribution in [0.2, 0.25) is 0 Å². The number of likely N-dealkylation sites (N-methyl/N-ethyl adjacent to an activating group) is 1. The second kappa shape index (κ2) is 10.1. The molecular formula is C24H30N2O3. The Bertz CT molecular complexity index is 811. The number of aldehydes is 1. The Balaban J connectivity index is 1.48. The van der Waals surface area contributed by atoms with Crippen LogP contribution in [0.25, 0.3) is 0 Å². The van der Waals surface area contributed by atoms with Crippen LogP contribution in [-0.4, -0.2) is 49.9 Å². The zero-order valence-electron chi connectivity index (χ0n) is 17.3. The van der Waals surface area contributed by atoms with E-state index in [9.17, 15) is 9.59 Å². The summed E-state index contributed by atoms with van der Waals surface area (Å²) >= 11 is 0. The van der Waals surface area contributed by atoms with E-state index in [1.807, 2.05) is 67.3 Å². The molecule has 1 amide bonds. The lowest BCUT2D eigenvalue weighted by molar-refractivity contribution is -0.136. The Kier molecular flexibility index (Phi) is 7.28. The number of benzene rings is 2. The van der Waals surface area contributed by atoms with E-state index in [1.54, 1.807) is 0 Å². The Morgan fingerprint density at radius 2 is 1.83 bits per heavy atom. The molecule has 0 atom stereocenters. The number of carbonyl (C=O) groups excluding carboxylic acids is 2. The number of ether oxygens (including phenoxy) is 1. The summed E-state index contributed by atoms with van der Waals surface area (Å²) in [6.45, 7) is 7.57. The summed E-state index contributed by atoms with van der Waals surface area (Å²) in [5, 5.41) is 0. The van der Waals surface area contributed by atoms with Gasteiger partial charge in [0.1, 0.15) is 18.6 Å². The maximum absolute atomic E-state index is 13.0. The molecule has 0 radical (unpaired) electrons. The molecule has 0 bridgehead atoms. The Hall–Kier alpha value is -2.82. The van der Waals surface area contributed by atoms with Gasteiger partial charge in [0.05, 0.1) is 6.54 Å². The molecule has 0 unspecified atom stereocenters. The van der Waals surface area contributed by atoms with Gasteiger partial charge in [0.25, 0.3) is 0 Å². The van der Waals surface area contributed by atoms with Crippen LogP contribution in [0.1, 0.15) is 35.7 Å². The molecule has 5 nitrogen and oxygen atoms in total. The molecule has 29 heavy (non-hydrogen) atoms. The first-order valence-corrected chi connectivity index (χ1v) is 10.4. The van der Waals surface area contributed by atoms with Gasteiger partial charge < -0.3 is 14.5 Å². The monoisotopic (exact) mass is 394 g/mol. The molecule has 0 saturated carbocycles. The van der Waals surface area contributed by atoms with Gasteiger partial charge in [0.2, 0.25) is 5.91 Å². The fourth-order valence-electron chi connectivity index (χ4n) is 3.81. The van der Waals surface area contributed by atoms with Crippen LogP contribution in [0, 0.1) is 12.8 Å². The van der Waals surface area contributed by atoms with Crippen molar-refractivity contribution in [2.45, 2.75) is 26.7 Å². The lowest BCUT2D eigenvalue weighted by Crippen LogP contribution is -2.43. The van der Waals surface area contributed by atoms with Gasteiger partial charge in [-0.2, -0.15) is 0 Å². The highest BCUT2D eigenvalue weighted by Gasteiger charge is 2.28. The number of hydrogen-bond acceptors (Lipinski definition) is 4. The predicted octanol–water partition coefficient (Wildman–Crippen LogP) is 3.95. The van der Waals surface area contributed by atoms with Gasteiger partial charge in [0, 0.05) is 36.8 Å². The molecule has 0 spiro atoms. The smallest absolute Gasteiger partial charge is 0.225 e. The van der Waals surface area contributed by atoms with Gasteiger partial charge in [-0.25, -0.2) is 0 Å². The molecule has 2 aromatic rings. The lowest BCUT2D eigenvalue weighted by atomic mass is 9.94. The fraction of sp³-hybridized carbons (Fsp3) is 0.417. The minimum absolute atomic E-state index is 0.0684. The molecule has 0 aliphatic carbocycles. The van der Waals surface area contributed by atoms with E-state index in [2.05, 4.69) is 4.90 Å². The summed E-state index contributed by atoms with van der Waals surface area (Å²) < 4.78 is 5.87. The van der Waals surface area contributed by atoms with Crippen molar-refractivity contribution in [2.75, 3.05) is 37.7 Å². The van der Waals surface area contributed by atoms with Crippen molar-refractivity contribution in [1.82, 2.24) is 4.90 Å². The third-order valence-corrected chi connectivity index (χ3v) is 5.64. The van der Waals surface area contributed by atoms with Crippen molar-refractivity contribution in [3.05, 3.63) is 59.7 Å². The first-order valence-electron chi connectivity index (χ1n) is 10.4. The van der Waals surface area contributed by atoms with Gasteiger partial charge in [-0.15, -0.1) is 0 Å². The number of para-hydroxylation sites is 1.